The van der Waals surface area contributed by atoms with E-state index in [1.807, 2.05) is 24.3 Å². The van der Waals surface area contributed by atoms with Crippen LogP contribution in [-0.4, -0.2) is 57.9 Å². The van der Waals surface area contributed by atoms with Crippen LogP contribution in [0.5, 0.6) is 0 Å². The molecule has 1 aromatic rings. The molecular weight excluding hydrogens is 519 g/mol. The van der Waals surface area contributed by atoms with Crippen LogP contribution < -0.4 is 16.0 Å². The highest BCUT2D eigenvalue weighted by Gasteiger charge is 2.36. The van der Waals surface area contributed by atoms with E-state index in [2.05, 4.69) is 22.9 Å². The molecule has 2 aliphatic rings. The highest BCUT2D eigenvalue weighted by Crippen LogP contribution is 2.43. The van der Waals surface area contributed by atoms with Gasteiger partial charge in [-0.25, -0.2) is 4.99 Å². The van der Waals surface area contributed by atoms with Gasteiger partial charge in [-0.05, 0) is 62.1 Å². The number of guanidine groups is 1. The fraction of sp³-hybridized carbons (Fsp3) is 0.667. The van der Waals surface area contributed by atoms with Crippen LogP contribution in [-0.2, 0) is 16.0 Å². The molecule has 1 amide bonds. The summed E-state index contributed by atoms with van der Waals surface area (Å²) in [4.78, 5) is 17.2. The Labute approximate surface area is 209 Å². The van der Waals surface area contributed by atoms with Gasteiger partial charge >= 0.3 is 0 Å². The Morgan fingerprint density at radius 1 is 1.25 bits per heavy atom. The van der Waals surface area contributed by atoms with Crippen LogP contribution in [0.3, 0.4) is 0 Å². The van der Waals surface area contributed by atoms with Crippen molar-refractivity contribution >= 4 is 35.8 Å². The number of nitrogens with one attached hydrogen (secondary N) is 3. The van der Waals surface area contributed by atoms with E-state index in [9.17, 15) is 4.79 Å². The van der Waals surface area contributed by atoms with E-state index in [1.165, 1.54) is 19.3 Å². The number of nitrogens with zero attached hydrogens (tertiary/aromatic N) is 1. The Balaban J connectivity index is 0.00000363. The normalized spacial score (nSPS) is 19.6. The first-order valence-electron chi connectivity index (χ1n) is 11.6. The number of rotatable bonds is 11. The molecule has 0 bridgehead atoms. The number of amides is 1. The maximum absolute atomic E-state index is 12.5. The zero-order valence-electron chi connectivity index (χ0n) is 19.5. The maximum Gasteiger partial charge on any atom is 0.251 e. The molecule has 0 spiro atoms. The maximum atomic E-state index is 12.5. The van der Waals surface area contributed by atoms with Crippen LogP contribution in [0.4, 0.5) is 0 Å². The van der Waals surface area contributed by atoms with Crippen molar-refractivity contribution in [3.8, 4) is 0 Å². The highest BCUT2D eigenvalue weighted by molar-refractivity contribution is 14.0. The summed E-state index contributed by atoms with van der Waals surface area (Å²) in [5.41, 5.74) is 2.00. The number of ether oxygens (including phenoxy) is 2. The topological polar surface area (TPSA) is 84.0 Å². The van der Waals surface area contributed by atoms with Gasteiger partial charge < -0.3 is 25.4 Å². The smallest absolute Gasteiger partial charge is 0.251 e. The first kappa shape index (κ1) is 26.9. The third-order valence-electron chi connectivity index (χ3n) is 6.35. The van der Waals surface area contributed by atoms with E-state index in [-0.39, 0.29) is 36.0 Å². The average Bonchev–Trinajstić information content (AvgIpc) is 3.28. The molecule has 1 saturated heterocycles. The quantitative estimate of drug-likeness (QED) is 0.220. The third-order valence-corrected chi connectivity index (χ3v) is 6.35. The van der Waals surface area contributed by atoms with Crippen LogP contribution in [0.1, 0.15) is 61.4 Å². The molecule has 1 heterocycles. The minimum absolute atomic E-state index is 0. The molecule has 2 fully saturated rings. The van der Waals surface area contributed by atoms with Crippen molar-refractivity contribution in [2.45, 2.75) is 58.1 Å². The molecule has 0 aromatic heterocycles. The molecule has 1 unspecified atom stereocenters. The lowest BCUT2D eigenvalue weighted by Crippen LogP contribution is -2.46. The van der Waals surface area contributed by atoms with Crippen molar-refractivity contribution in [1.82, 2.24) is 16.0 Å². The second kappa shape index (κ2) is 14.0. The predicted molar refractivity (Wildman–Crippen MR) is 139 cm³/mol. The van der Waals surface area contributed by atoms with Gasteiger partial charge in [-0.2, -0.15) is 0 Å². The zero-order chi connectivity index (χ0) is 21.9. The minimum Gasteiger partial charge on any atom is -0.385 e. The Morgan fingerprint density at radius 3 is 2.75 bits per heavy atom. The molecule has 1 aliphatic carbocycles. The number of hydrogen-bond donors (Lipinski definition) is 3. The van der Waals surface area contributed by atoms with E-state index in [0.717, 1.165) is 57.1 Å². The molecule has 1 atom stereocenters. The molecule has 7 nitrogen and oxygen atoms in total. The fourth-order valence-electron chi connectivity index (χ4n) is 4.22. The number of carbonyl (C=O) groups excluding carboxylic acids is 1. The summed E-state index contributed by atoms with van der Waals surface area (Å²) in [6.45, 7) is 6.48. The fourth-order valence-corrected chi connectivity index (χ4v) is 4.22. The molecule has 0 radical (unpaired) electrons. The second-order valence-electron chi connectivity index (χ2n) is 8.69. The summed E-state index contributed by atoms with van der Waals surface area (Å²) in [6, 6.07) is 7.69. The van der Waals surface area contributed by atoms with E-state index in [1.54, 1.807) is 7.11 Å². The summed E-state index contributed by atoms with van der Waals surface area (Å²) in [5, 5.41) is 9.84. The lowest BCUT2D eigenvalue weighted by atomic mass is 9.67. The molecule has 8 heteroatoms. The van der Waals surface area contributed by atoms with Gasteiger partial charge in [-0.3, -0.25) is 4.79 Å². The zero-order valence-corrected chi connectivity index (χ0v) is 21.8. The van der Waals surface area contributed by atoms with E-state index in [4.69, 9.17) is 14.5 Å². The summed E-state index contributed by atoms with van der Waals surface area (Å²) in [6.07, 6.45) is 7.09. The third kappa shape index (κ3) is 8.19. The number of methoxy groups -OCH3 is 1. The molecule has 3 rings (SSSR count). The number of carbonyl (C=O) groups is 1. The second-order valence-corrected chi connectivity index (χ2v) is 8.69. The lowest BCUT2D eigenvalue weighted by molar-refractivity contribution is 0.0732. The van der Waals surface area contributed by atoms with Gasteiger partial charge in [-0.1, -0.05) is 18.6 Å². The van der Waals surface area contributed by atoms with Crippen molar-refractivity contribution in [3.63, 3.8) is 0 Å². The number of benzene rings is 1. The number of hydrogen-bond acceptors (Lipinski definition) is 4. The summed E-state index contributed by atoms with van der Waals surface area (Å²) >= 11 is 0. The molecule has 1 aromatic carbocycles. The predicted octanol–water partition coefficient (Wildman–Crippen LogP) is 3.48. The van der Waals surface area contributed by atoms with Gasteiger partial charge in [-0.15, -0.1) is 24.0 Å². The largest absolute Gasteiger partial charge is 0.385 e. The summed E-state index contributed by atoms with van der Waals surface area (Å²) in [7, 11) is 1.77. The van der Waals surface area contributed by atoms with Gasteiger partial charge in [0.05, 0.1) is 12.6 Å². The number of aliphatic imine (C=N–C) groups is 1. The Hall–Kier alpha value is -1.39. The SMILES string of the molecule is CCNC(=NCc1cccc(C(=O)NCC2CCCO2)c1)NCC1(CCOC)CCC1.I. The van der Waals surface area contributed by atoms with Gasteiger partial charge in [0, 0.05) is 45.5 Å². The standard InChI is InChI=1S/C24H38N4O3.HI/c1-3-25-23(28-18-24(10-6-11-24)12-14-30-2)27-16-19-7-4-8-20(15-19)22(29)26-17-21-9-5-13-31-21;/h4,7-8,15,21H,3,5-6,9-14,16-18H2,1-2H3,(H,26,29)(H2,25,27,28);1H. The van der Waals surface area contributed by atoms with Gasteiger partial charge in [0.15, 0.2) is 5.96 Å². The van der Waals surface area contributed by atoms with E-state index < -0.39 is 0 Å². The molecule has 3 N–H and O–H groups in total. The van der Waals surface area contributed by atoms with Gasteiger partial charge in [0.2, 0.25) is 0 Å². The van der Waals surface area contributed by atoms with Crippen molar-refractivity contribution in [1.29, 1.82) is 0 Å². The van der Waals surface area contributed by atoms with Crippen molar-refractivity contribution < 1.29 is 14.3 Å². The van der Waals surface area contributed by atoms with E-state index >= 15 is 0 Å². The van der Waals surface area contributed by atoms with Crippen molar-refractivity contribution in [2.75, 3.05) is 40.0 Å². The van der Waals surface area contributed by atoms with Crippen LogP contribution in [0.2, 0.25) is 0 Å². The summed E-state index contributed by atoms with van der Waals surface area (Å²) in [5.74, 6) is 0.760. The molecule has 180 valence electrons. The van der Waals surface area contributed by atoms with Crippen LogP contribution in [0, 0.1) is 5.41 Å². The Kier molecular flexibility index (Phi) is 11.7. The molecule has 1 saturated carbocycles. The Morgan fingerprint density at radius 2 is 2.09 bits per heavy atom. The molecule has 32 heavy (non-hydrogen) atoms. The van der Waals surface area contributed by atoms with Gasteiger partial charge in [0.25, 0.3) is 5.91 Å². The van der Waals surface area contributed by atoms with Crippen LogP contribution >= 0.6 is 24.0 Å². The minimum atomic E-state index is -0.0589. The summed E-state index contributed by atoms with van der Waals surface area (Å²) < 4.78 is 10.9. The molecular formula is C24H39IN4O3. The monoisotopic (exact) mass is 558 g/mol. The Bertz CT molecular complexity index is 734. The van der Waals surface area contributed by atoms with Crippen molar-refractivity contribution in [2.24, 2.45) is 10.4 Å². The first-order chi connectivity index (χ1) is 15.1. The average molecular weight is 559 g/mol. The van der Waals surface area contributed by atoms with Crippen molar-refractivity contribution in [3.05, 3.63) is 35.4 Å². The highest BCUT2D eigenvalue weighted by atomic mass is 127. The van der Waals surface area contributed by atoms with Crippen LogP contribution in [0.15, 0.2) is 29.3 Å². The van der Waals surface area contributed by atoms with E-state index in [0.29, 0.717) is 24.1 Å². The number of halogens is 1. The van der Waals surface area contributed by atoms with Gasteiger partial charge in [0.1, 0.15) is 0 Å². The first-order valence-corrected chi connectivity index (χ1v) is 11.6. The van der Waals surface area contributed by atoms with Crippen LogP contribution in [0.25, 0.3) is 0 Å². The lowest BCUT2D eigenvalue weighted by Gasteiger charge is -2.42. The molecule has 1 aliphatic heterocycles.